The molecule has 0 unspecified atom stereocenters. The summed E-state index contributed by atoms with van der Waals surface area (Å²) in [5.74, 6) is -2.92. The molecule has 0 amide bonds. The second kappa shape index (κ2) is 14.8. The van der Waals surface area contributed by atoms with E-state index in [-0.39, 0.29) is 77.9 Å². The van der Waals surface area contributed by atoms with E-state index in [9.17, 15) is 30.6 Å². The number of aryl methyl sites for hydroxylation is 2. The van der Waals surface area contributed by atoms with Crippen molar-refractivity contribution in [1.29, 1.82) is 0 Å². The molecule has 0 fully saturated rings. The molecule has 0 radical (unpaired) electrons. The highest BCUT2D eigenvalue weighted by Crippen LogP contribution is 2.54. The molecule has 8 nitrogen and oxygen atoms in total. The molecule has 0 spiro atoms. The van der Waals surface area contributed by atoms with Crippen LogP contribution in [0.2, 0.25) is 20.1 Å². The van der Waals surface area contributed by atoms with E-state index >= 15 is 0 Å². The molecule has 0 aliphatic rings. The lowest BCUT2D eigenvalue weighted by Gasteiger charge is -2.23. The molecule has 0 bridgehead atoms. The molecule has 6 rings (SSSR count). The van der Waals surface area contributed by atoms with Crippen molar-refractivity contribution in [3.63, 3.8) is 0 Å². The van der Waals surface area contributed by atoms with Crippen molar-refractivity contribution in [2.75, 3.05) is 0 Å². The van der Waals surface area contributed by atoms with Gasteiger partial charge < -0.3 is 30.6 Å². The molecule has 12 heteroatoms. The number of phenolic OH excluding ortho intramolecular Hbond substituents is 6. The van der Waals surface area contributed by atoms with Crippen LogP contribution in [0.4, 0.5) is 11.4 Å². The van der Waals surface area contributed by atoms with Gasteiger partial charge in [-0.25, -0.2) is 0 Å². The van der Waals surface area contributed by atoms with Gasteiger partial charge in [0.15, 0.2) is 23.0 Å². The molecule has 0 atom stereocenters. The van der Waals surface area contributed by atoms with Gasteiger partial charge in [-0.05, 0) is 84.0 Å². The summed E-state index contributed by atoms with van der Waals surface area (Å²) in [6.45, 7) is 10.9. The Morgan fingerprint density at radius 1 is 0.500 bits per heavy atom. The zero-order valence-electron chi connectivity index (χ0n) is 30.0. The molecule has 278 valence electrons. The molecular formula is C42H36Cl4N2O6. The average Bonchev–Trinajstić information content (AvgIpc) is 3.08. The quantitative estimate of drug-likeness (QED) is 0.0699. The molecule has 6 aromatic rings. The van der Waals surface area contributed by atoms with Crippen LogP contribution in [-0.2, 0) is 0 Å². The smallest absolute Gasteiger partial charge is 0.167 e. The van der Waals surface area contributed by atoms with Gasteiger partial charge in [-0.15, -0.1) is 0 Å². The maximum absolute atomic E-state index is 12.4. The summed E-state index contributed by atoms with van der Waals surface area (Å²) in [5.41, 5.74) is 2.97. The minimum Gasteiger partial charge on any atom is -0.507 e. The third-order valence-corrected chi connectivity index (χ3v) is 10.5. The van der Waals surface area contributed by atoms with Gasteiger partial charge in [0.1, 0.15) is 11.5 Å². The van der Waals surface area contributed by atoms with Crippen molar-refractivity contribution < 1.29 is 30.6 Å². The zero-order valence-corrected chi connectivity index (χ0v) is 33.0. The molecule has 54 heavy (non-hydrogen) atoms. The first kappa shape index (κ1) is 38.9. The summed E-state index contributed by atoms with van der Waals surface area (Å²) in [7, 11) is 0. The van der Waals surface area contributed by atoms with Crippen molar-refractivity contribution >= 4 is 91.8 Å². The Morgan fingerprint density at radius 3 is 1.17 bits per heavy atom. The minimum atomic E-state index is -0.508. The first-order valence-corrected chi connectivity index (χ1v) is 18.4. The number of hydrogen-bond acceptors (Lipinski definition) is 8. The Balaban J connectivity index is 1.72. The van der Waals surface area contributed by atoms with Crippen LogP contribution in [0.3, 0.4) is 0 Å². The van der Waals surface area contributed by atoms with Gasteiger partial charge in [-0.3, -0.25) is 9.98 Å². The lowest BCUT2D eigenvalue weighted by molar-refractivity contribution is 0.398. The predicted octanol–water partition coefficient (Wildman–Crippen LogP) is 12.9. The number of phenols is 6. The molecule has 0 aliphatic heterocycles. The van der Waals surface area contributed by atoms with Gasteiger partial charge in [0.25, 0.3) is 0 Å². The van der Waals surface area contributed by atoms with Crippen LogP contribution < -0.4 is 0 Å². The Hall–Kier alpha value is -4.86. The van der Waals surface area contributed by atoms with Crippen LogP contribution in [0.15, 0.2) is 58.5 Å². The Labute approximate surface area is 331 Å². The molecule has 6 N–H and O–H groups in total. The summed E-state index contributed by atoms with van der Waals surface area (Å²) in [6.07, 6.45) is 2.60. The fourth-order valence-electron chi connectivity index (χ4n) is 7.06. The summed E-state index contributed by atoms with van der Waals surface area (Å²) < 4.78 is 0. The van der Waals surface area contributed by atoms with Crippen LogP contribution in [0.25, 0.3) is 32.7 Å². The van der Waals surface area contributed by atoms with Gasteiger partial charge in [0, 0.05) is 55.5 Å². The lowest BCUT2D eigenvalue weighted by Crippen LogP contribution is -2.01. The van der Waals surface area contributed by atoms with E-state index in [0.29, 0.717) is 54.4 Å². The number of aliphatic imine (C=N–C) groups is 2. The summed E-state index contributed by atoms with van der Waals surface area (Å²) in [5, 5.41) is 72.7. The molecule has 0 saturated heterocycles. The molecule has 0 saturated carbocycles. The predicted molar refractivity (Wildman–Crippen MR) is 222 cm³/mol. The fourth-order valence-corrected chi connectivity index (χ4v) is 7.98. The van der Waals surface area contributed by atoms with Crippen molar-refractivity contribution in [2.45, 2.75) is 53.4 Å². The van der Waals surface area contributed by atoms with E-state index in [1.807, 2.05) is 27.7 Å². The fraction of sp³-hybridized carbons (Fsp3) is 0.190. The van der Waals surface area contributed by atoms with E-state index in [2.05, 4.69) is 9.98 Å². The maximum atomic E-state index is 12.4. The first-order chi connectivity index (χ1) is 25.4. The van der Waals surface area contributed by atoms with Gasteiger partial charge in [0.2, 0.25) is 0 Å². The van der Waals surface area contributed by atoms with Gasteiger partial charge >= 0.3 is 0 Å². The maximum Gasteiger partial charge on any atom is 0.167 e. The minimum absolute atomic E-state index is 0.00641. The number of benzene rings is 6. The van der Waals surface area contributed by atoms with E-state index in [0.717, 1.165) is 0 Å². The second-order valence-corrected chi connectivity index (χ2v) is 15.4. The zero-order chi connectivity index (χ0) is 39.5. The van der Waals surface area contributed by atoms with Gasteiger partial charge in [-0.1, -0.05) is 86.2 Å². The van der Waals surface area contributed by atoms with Crippen molar-refractivity contribution in [3.8, 4) is 45.6 Å². The topological polar surface area (TPSA) is 146 Å². The van der Waals surface area contributed by atoms with Crippen molar-refractivity contribution in [2.24, 2.45) is 9.98 Å². The molecule has 0 aliphatic carbocycles. The van der Waals surface area contributed by atoms with Crippen molar-refractivity contribution in [3.05, 3.63) is 102 Å². The summed E-state index contributed by atoms with van der Waals surface area (Å²) in [4.78, 5) is 8.94. The van der Waals surface area contributed by atoms with Crippen LogP contribution in [-0.4, -0.2) is 43.1 Å². The number of fused-ring (bicyclic) bond motifs is 2. The lowest BCUT2D eigenvalue weighted by atomic mass is 9.83. The van der Waals surface area contributed by atoms with E-state index in [1.54, 1.807) is 50.2 Å². The average molecular weight is 807 g/mol. The number of nitrogens with zero attached hydrogens (tertiary/aromatic N) is 2. The van der Waals surface area contributed by atoms with Gasteiger partial charge in [0.05, 0.1) is 32.5 Å². The number of hydrogen-bond donors (Lipinski definition) is 6. The van der Waals surface area contributed by atoms with Crippen LogP contribution >= 0.6 is 46.4 Å². The van der Waals surface area contributed by atoms with Gasteiger partial charge in [-0.2, -0.15) is 0 Å². The van der Waals surface area contributed by atoms with Crippen molar-refractivity contribution in [1.82, 2.24) is 0 Å². The molecule has 6 aromatic carbocycles. The third-order valence-electron chi connectivity index (χ3n) is 9.47. The molecular weight excluding hydrogens is 770 g/mol. The summed E-state index contributed by atoms with van der Waals surface area (Å²) >= 11 is 24.9. The Morgan fingerprint density at radius 2 is 0.852 bits per heavy atom. The highest BCUT2D eigenvalue weighted by atomic mass is 35.5. The number of rotatable bonds is 7. The molecule has 0 heterocycles. The van der Waals surface area contributed by atoms with E-state index in [1.165, 1.54) is 24.6 Å². The Bertz CT molecular complexity index is 2420. The third kappa shape index (κ3) is 6.62. The van der Waals surface area contributed by atoms with Crippen LogP contribution in [0.5, 0.6) is 34.5 Å². The summed E-state index contributed by atoms with van der Waals surface area (Å²) in [6, 6.07) is 13.0. The molecule has 0 aromatic heterocycles. The standard InChI is InChI=1S/C42H36Cl4N2O6/c1-17(2)31-23-11-19(5)33(39(51)35(23)25(37(49)41(31)53)15-47-29-9-7-21(43)13-27(29)45)34-20(6)12-24-32(18(3)4)42(54)38(50)26(36(24)40(34)52)16-48-30-10-8-22(44)14-28(30)46/h7-18,49-54H,1-6H3. The SMILES string of the molecule is Cc1cc2c(C(C)C)c(O)c(O)c(C=Nc3ccc(Cl)cc3Cl)c2c(O)c1-c1c(C)cc2c(C(C)C)c(O)c(O)c(C=Nc3ccc(Cl)cc3Cl)c2c1O. The second-order valence-electron chi connectivity index (χ2n) is 13.7. The normalized spacial score (nSPS) is 12.1. The largest absolute Gasteiger partial charge is 0.507 e. The van der Waals surface area contributed by atoms with Crippen LogP contribution in [0, 0.1) is 13.8 Å². The van der Waals surface area contributed by atoms with E-state index in [4.69, 9.17) is 46.4 Å². The highest BCUT2D eigenvalue weighted by Gasteiger charge is 2.29. The first-order valence-electron chi connectivity index (χ1n) is 16.9. The monoisotopic (exact) mass is 804 g/mol. The number of aromatic hydroxyl groups is 6. The Kier molecular flexibility index (Phi) is 10.6. The van der Waals surface area contributed by atoms with Crippen LogP contribution in [0.1, 0.15) is 72.9 Å². The highest BCUT2D eigenvalue weighted by molar-refractivity contribution is 6.37. The van der Waals surface area contributed by atoms with E-state index < -0.39 is 11.5 Å². The number of halogens is 4.